The fraction of sp³-hybridized carbons (Fsp3) is 0.0909. The molecule has 0 N–H and O–H groups in total. The Morgan fingerprint density at radius 2 is 1.67 bits per heavy atom. The van der Waals surface area contributed by atoms with Crippen LogP contribution in [0, 0.1) is 20.2 Å². The molecule has 92 valence electrons. The van der Waals surface area contributed by atoms with Crippen LogP contribution in [0.3, 0.4) is 0 Å². The maximum absolute atomic E-state index is 10.9. The molecule has 0 atom stereocenters. The summed E-state index contributed by atoms with van der Waals surface area (Å²) < 4.78 is 4.92. The Morgan fingerprint density at radius 3 is 2.22 bits per heavy atom. The van der Waals surface area contributed by atoms with E-state index < -0.39 is 9.85 Å². The summed E-state index contributed by atoms with van der Waals surface area (Å²) in [6.07, 6.45) is 0. The van der Waals surface area contributed by atoms with Crippen LogP contribution in [0.1, 0.15) is 0 Å². The summed E-state index contributed by atoms with van der Waals surface area (Å²) in [5.74, 6) is 0.212. The average molecular weight is 248 g/mol. The minimum absolute atomic E-state index is 0.186. The molecular formula is C11H8N2O5. The zero-order valence-corrected chi connectivity index (χ0v) is 9.32. The molecule has 7 nitrogen and oxygen atoms in total. The summed E-state index contributed by atoms with van der Waals surface area (Å²) in [6.45, 7) is 0. The lowest BCUT2D eigenvalue weighted by atomic mass is 10.1. The van der Waals surface area contributed by atoms with E-state index in [0.717, 1.165) is 0 Å². The van der Waals surface area contributed by atoms with Gasteiger partial charge in [0.15, 0.2) is 0 Å². The fourth-order valence-corrected chi connectivity index (χ4v) is 1.75. The number of methoxy groups -OCH3 is 1. The number of ether oxygens (including phenoxy) is 1. The van der Waals surface area contributed by atoms with Crippen molar-refractivity contribution in [3.63, 3.8) is 0 Å². The minimum atomic E-state index is -0.589. The second-order valence-electron chi connectivity index (χ2n) is 3.53. The molecule has 0 aliphatic rings. The lowest BCUT2D eigenvalue weighted by Crippen LogP contribution is -1.95. The Kier molecular flexibility index (Phi) is 2.80. The number of nitrogens with zero attached hydrogens (tertiary/aromatic N) is 2. The van der Waals surface area contributed by atoms with E-state index in [9.17, 15) is 20.2 Å². The SMILES string of the molecule is COc1cc([N+](=O)[O-])c2cccc([N+](=O)[O-])c2c1. The lowest BCUT2D eigenvalue weighted by molar-refractivity contribution is -0.384. The van der Waals surface area contributed by atoms with E-state index in [1.165, 1.54) is 37.4 Å². The van der Waals surface area contributed by atoms with E-state index in [0.29, 0.717) is 0 Å². The van der Waals surface area contributed by atoms with E-state index >= 15 is 0 Å². The van der Waals surface area contributed by atoms with Crippen LogP contribution in [0.2, 0.25) is 0 Å². The van der Waals surface area contributed by atoms with Crippen molar-refractivity contribution in [2.45, 2.75) is 0 Å². The first kappa shape index (κ1) is 11.8. The third-order valence-electron chi connectivity index (χ3n) is 2.55. The summed E-state index contributed by atoms with van der Waals surface area (Å²) in [4.78, 5) is 20.7. The topological polar surface area (TPSA) is 95.5 Å². The second-order valence-corrected chi connectivity index (χ2v) is 3.53. The molecule has 0 aliphatic carbocycles. The van der Waals surface area contributed by atoms with Gasteiger partial charge in [-0.25, -0.2) is 0 Å². The summed E-state index contributed by atoms with van der Waals surface area (Å²) in [7, 11) is 1.35. The van der Waals surface area contributed by atoms with E-state index in [1.54, 1.807) is 0 Å². The summed E-state index contributed by atoms with van der Waals surface area (Å²) in [6, 6.07) is 6.85. The van der Waals surface area contributed by atoms with Crippen LogP contribution in [0.25, 0.3) is 10.8 Å². The van der Waals surface area contributed by atoms with Crippen LogP contribution in [0.5, 0.6) is 5.75 Å². The lowest BCUT2D eigenvalue weighted by Gasteiger charge is -2.04. The normalized spacial score (nSPS) is 10.3. The zero-order chi connectivity index (χ0) is 13.3. The molecule has 0 aliphatic heterocycles. The van der Waals surface area contributed by atoms with Crippen molar-refractivity contribution < 1.29 is 14.6 Å². The minimum Gasteiger partial charge on any atom is -0.496 e. The third-order valence-corrected chi connectivity index (χ3v) is 2.55. The molecule has 0 radical (unpaired) electrons. The van der Waals surface area contributed by atoms with Gasteiger partial charge in [0.25, 0.3) is 11.4 Å². The van der Waals surface area contributed by atoms with Crippen molar-refractivity contribution in [2.24, 2.45) is 0 Å². The molecule has 0 saturated carbocycles. The van der Waals surface area contributed by atoms with Gasteiger partial charge in [-0.2, -0.15) is 0 Å². The Labute approximate surface area is 101 Å². The van der Waals surface area contributed by atoms with Gasteiger partial charge in [0.2, 0.25) is 0 Å². The van der Waals surface area contributed by atoms with Gasteiger partial charge >= 0.3 is 0 Å². The molecular weight excluding hydrogens is 240 g/mol. The molecule has 0 aromatic heterocycles. The number of nitro groups is 2. The standard InChI is InChI=1S/C11H8N2O5/c1-18-7-5-9-8(11(6-7)13(16)17)3-2-4-10(9)12(14)15/h2-6H,1H3. The van der Waals surface area contributed by atoms with E-state index in [4.69, 9.17) is 4.74 Å². The van der Waals surface area contributed by atoms with Gasteiger partial charge in [0.05, 0.1) is 33.8 Å². The van der Waals surface area contributed by atoms with Crippen molar-refractivity contribution in [1.29, 1.82) is 0 Å². The van der Waals surface area contributed by atoms with Crippen LogP contribution in [0.4, 0.5) is 11.4 Å². The van der Waals surface area contributed by atoms with Crippen molar-refractivity contribution in [3.05, 3.63) is 50.6 Å². The summed E-state index contributed by atoms with van der Waals surface area (Å²) in [5, 5.41) is 22.2. The van der Waals surface area contributed by atoms with Gasteiger partial charge in [-0.1, -0.05) is 6.07 Å². The maximum Gasteiger partial charge on any atom is 0.281 e. The smallest absolute Gasteiger partial charge is 0.281 e. The number of nitro benzene ring substituents is 2. The maximum atomic E-state index is 10.9. The van der Waals surface area contributed by atoms with E-state index in [-0.39, 0.29) is 27.9 Å². The van der Waals surface area contributed by atoms with Crippen LogP contribution >= 0.6 is 0 Å². The number of fused-ring (bicyclic) bond motifs is 1. The Bertz CT molecular complexity index is 653. The van der Waals surface area contributed by atoms with Gasteiger partial charge in [-0.3, -0.25) is 20.2 Å². The number of hydrogen-bond donors (Lipinski definition) is 0. The molecule has 2 aromatic carbocycles. The number of hydrogen-bond acceptors (Lipinski definition) is 5. The predicted molar refractivity (Wildman–Crippen MR) is 63.8 cm³/mol. The highest BCUT2D eigenvalue weighted by Gasteiger charge is 2.20. The number of non-ortho nitro benzene ring substituents is 2. The quantitative estimate of drug-likeness (QED) is 0.614. The number of benzene rings is 2. The molecule has 0 heterocycles. The molecule has 2 rings (SSSR count). The van der Waals surface area contributed by atoms with Crippen molar-refractivity contribution in [3.8, 4) is 5.75 Å². The first-order valence-corrected chi connectivity index (χ1v) is 4.94. The third kappa shape index (κ3) is 1.81. The van der Waals surface area contributed by atoms with Crippen molar-refractivity contribution >= 4 is 22.1 Å². The fourth-order valence-electron chi connectivity index (χ4n) is 1.75. The molecule has 18 heavy (non-hydrogen) atoms. The van der Waals surface area contributed by atoms with Crippen LogP contribution < -0.4 is 4.74 Å². The Morgan fingerprint density at radius 1 is 1.00 bits per heavy atom. The zero-order valence-electron chi connectivity index (χ0n) is 9.32. The Hall–Kier alpha value is -2.70. The highest BCUT2D eigenvalue weighted by atomic mass is 16.6. The molecule has 0 spiro atoms. The molecule has 0 amide bonds. The van der Waals surface area contributed by atoms with Crippen LogP contribution in [-0.2, 0) is 0 Å². The van der Waals surface area contributed by atoms with Crippen molar-refractivity contribution in [2.75, 3.05) is 7.11 Å². The van der Waals surface area contributed by atoms with Crippen LogP contribution in [0.15, 0.2) is 30.3 Å². The molecule has 0 saturated heterocycles. The summed E-state index contributed by atoms with van der Waals surface area (Å²) >= 11 is 0. The van der Waals surface area contributed by atoms with E-state index in [1.807, 2.05) is 0 Å². The van der Waals surface area contributed by atoms with E-state index in [2.05, 4.69) is 0 Å². The molecule has 0 unspecified atom stereocenters. The van der Waals surface area contributed by atoms with Crippen molar-refractivity contribution in [1.82, 2.24) is 0 Å². The highest BCUT2D eigenvalue weighted by molar-refractivity contribution is 5.98. The number of rotatable bonds is 3. The highest BCUT2D eigenvalue weighted by Crippen LogP contribution is 2.35. The molecule has 0 bridgehead atoms. The largest absolute Gasteiger partial charge is 0.496 e. The molecule has 2 aromatic rings. The van der Waals surface area contributed by atoms with Gasteiger partial charge in [-0.05, 0) is 12.1 Å². The molecule has 0 fully saturated rings. The van der Waals surface area contributed by atoms with Gasteiger partial charge in [0, 0.05) is 6.07 Å². The average Bonchev–Trinajstić information content (AvgIpc) is 2.36. The summed E-state index contributed by atoms with van der Waals surface area (Å²) in [5.41, 5.74) is -0.400. The first-order valence-electron chi connectivity index (χ1n) is 4.94. The van der Waals surface area contributed by atoms with Gasteiger partial charge < -0.3 is 4.74 Å². The monoisotopic (exact) mass is 248 g/mol. The second kappa shape index (κ2) is 4.28. The Balaban J connectivity index is 2.90. The first-order chi connectivity index (χ1) is 8.54. The van der Waals surface area contributed by atoms with Gasteiger partial charge in [0.1, 0.15) is 5.75 Å². The van der Waals surface area contributed by atoms with Crippen LogP contribution in [-0.4, -0.2) is 17.0 Å². The predicted octanol–water partition coefficient (Wildman–Crippen LogP) is 2.66. The van der Waals surface area contributed by atoms with Gasteiger partial charge in [-0.15, -0.1) is 0 Å². The molecule has 7 heteroatoms.